The normalized spacial score (nSPS) is 52.3. The quantitative estimate of drug-likeness (QED) is 0.267. The van der Waals surface area contributed by atoms with Crippen LogP contribution >= 0.6 is 0 Å². The van der Waals surface area contributed by atoms with Gasteiger partial charge in [-0.25, -0.2) is 9.78 Å². The average molecular weight is 535 g/mol. The standard InChI is InChI=1S/C35H50O4/c1-30(2)21-25-24-13-14-27-31(3)17-16-28-32(4,22-36-29(37-28)23-11-9-8-10-12-23)26(31)15-18-34(27,6)33(24,5)19-20-35(25,7)39-38-30/h8-13,25-29H,14-22H2,1-7H3/t25-,26?,27-,28?,29?,31+,32+,33-,34-,35-/m1/s1. The van der Waals surface area contributed by atoms with E-state index in [0.29, 0.717) is 23.2 Å². The van der Waals surface area contributed by atoms with Gasteiger partial charge in [-0.05, 0) is 100 Å². The minimum atomic E-state index is -0.240. The number of hydrogen-bond donors (Lipinski definition) is 0. The lowest BCUT2D eigenvalue weighted by atomic mass is 9.34. The number of benzene rings is 1. The molecule has 5 fully saturated rings. The van der Waals surface area contributed by atoms with Crippen LogP contribution in [0.5, 0.6) is 0 Å². The third-order valence-corrected chi connectivity index (χ3v) is 13.6. The molecule has 4 heteroatoms. The van der Waals surface area contributed by atoms with Gasteiger partial charge >= 0.3 is 0 Å². The zero-order chi connectivity index (χ0) is 27.5. The van der Waals surface area contributed by atoms with Crippen LogP contribution in [0.4, 0.5) is 0 Å². The van der Waals surface area contributed by atoms with Crippen molar-refractivity contribution in [1.82, 2.24) is 0 Å². The topological polar surface area (TPSA) is 36.9 Å². The molecule has 1 aromatic rings. The largest absolute Gasteiger partial charge is 0.348 e. The van der Waals surface area contributed by atoms with Gasteiger partial charge in [0.25, 0.3) is 0 Å². The molecule has 1 aromatic carbocycles. The van der Waals surface area contributed by atoms with Gasteiger partial charge in [-0.15, -0.1) is 0 Å². The highest BCUT2D eigenvalue weighted by Gasteiger charge is 2.69. The molecule has 0 bridgehead atoms. The SMILES string of the molecule is CC1(C)C[C@@H]2C3=CC[C@@H]4[C@@]5(C)CCC6OC(c7ccccc7)OC[C@@]6(C)C5CC[C@@]4(C)[C@]3(C)CC[C@@]2(C)OO1. The van der Waals surface area contributed by atoms with Gasteiger partial charge in [-0.1, -0.05) is 69.7 Å². The third kappa shape index (κ3) is 3.57. The van der Waals surface area contributed by atoms with E-state index in [-0.39, 0.29) is 39.8 Å². The molecule has 0 N–H and O–H groups in total. The summed E-state index contributed by atoms with van der Waals surface area (Å²) in [6.45, 7) is 17.9. The minimum absolute atomic E-state index is 0.0637. The van der Waals surface area contributed by atoms with E-state index in [4.69, 9.17) is 19.2 Å². The van der Waals surface area contributed by atoms with Gasteiger partial charge in [0.05, 0.1) is 18.3 Å². The Labute approximate surface area is 236 Å². The highest BCUT2D eigenvalue weighted by atomic mass is 17.2. The Kier molecular flexibility index (Phi) is 5.77. The lowest BCUT2D eigenvalue weighted by molar-refractivity contribution is -0.446. The van der Waals surface area contributed by atoms with Gasteiger partial charge in [0.15, 0.2) is 6.29 Å². The van der Waals surface area contributed by atoms with Crippen molar-refractivity contribution in [3.63, 3.8) is 0 Å². The lowest BCUT2D eigenvalue weighted by Gasteiger charge is -2.71. The fourth-order valence-corrected chi connectivity index (χ4v) is 11.1. The molecule has 0 spiro atoms. The molecule has 3 unspecified atom stereocenters. The first-order valence-corrected chi connectivity index (χ1v) is 15.7. The first kappa shape index (κ1) is 26.7. The van der Waals surface area contributed by atoms with E-state index in [0.717, 1.165) is 31.4 Å². The van der Waals surface area contributed by atoms with Crippen LogP contribution in [0.15, 0.2) is 42.0 Å². The smallest absolute Gasteiger partial charge is 0.184 e. The zero-order valence-electron chi connectivity index (χ0n) is 25.3. The molecule has 7 rings (SSSR count). The van der Waals surface area contributed by atoms with Crippen molar-refractivity contribution in [2.45, 2.75) is 123 Å². The molecule has 39 heavy (non-hydrogen) atoms. The van der Waals surface area contributed by atoms with E-state index in [1.807, 2.05) is 0 Å². The van der Waals surface area contributed by atoms with E-state index in [9.17, 15) is 0 Å². The van der Waals surface area contributed by atoms with E-state index < -0.39 is 0 Å². The molecular weight excluding hydrogens is 484 g/mol. The average Bonchev–Trinajstić information content (AvgIpc) is 2.90. The van der Waals surface area contributed by atoms with Crippen molar-refractivity contribution >= 4 is 0 Å². The maximum absolute atomic E-state index is 6.77. The summed E-state index contributed by atoms with van der Waals surface area (Å²) < 4.78 is 13.3. The van der Waals surface area contributed by atoms with E-state index >= 15 is 0 Å². The van der Waals surface area contributed by atoms with Crippen molar-refractivity contribution in [2.75, 3.05) is 6.61 Å². The molecule has 0 radical (unpaired) electrons. The van der Waals surface area contributed by atoms with Gasteiger partial charge in [0.1, 0.15) is 5.60 Å². The Morgan fingerprint density at radius 1 is 0.769 bits per heavy atom. The number of hydrogen-bond acceptors (Lipinski definition) is 4. The number of ether oxygens (including phenoxy) is 2. The summed E-state index contributed by atoms with van der Waals surface area (Å²) in [5.41, 5.74) is 3.24. The molecule has 214 valence electrons. The number of fused-ring (bicyclic) bond motifs is 9. The maximum Gasteiger partial charge on any atom is 0.184 e. The van der Waals surface area contributed by atoms with Crippen LogP contribution in [-0.4, -0.2) is 23.9 Å². The zero-order valence-corrected chi connectivity index (χ0v) is 25.3. The molecule has 0 amide bonds. The fourth-order valence-electron chi connectivity index (χ4n) is 11.1. The van der Waals surface area contributed by atoms with Crippen LogP contribution in [0, 0.1) is 39.4 Å². The molecule has 10 atom stereocenters. The molecule has 2 aliphatic heterocycles. The highest BCUT2D eigenvalue weighted by Crippen LogP contribution is 2.75. The Morgan fingerprint density at radius 3 is 2.31 bits per heavy atom. The van der Waals surface area contributed by atoms with Crippen molar-refractivity contribution in [3.05, 3.63) is 47.5 Å². The summed E-state index contributed by atoms with van der Waals surface area (Å²) in [6.07, 6.45) is 12.2. The molecule has 2 heterocycles. The van der Waals surface area contributed by atoms with Gasteiger partial charge in [-0.2, -0.15) is 0 Å². The van der Waals surface area contributed by atoms with Gasteiger partial charge in [-0.3, -0.25) is 0 Å². The number of allylic oxidation sites excluding steroid dienone is 1. The van der Waals surface area contributed by atoms with Crippen LogP contribution in [-0.2, 0) is 19.2 Å². The second-order valence-electron chi connectivity index (χ2n) is 16.0. The molecule has 6 aliphatic rings. The first-order valence-electron chi connectivity index (χ1n) is 15.7. The third-order valence-electron chi connectivity index (χ3n) is 13.6. The summed E-state index contributed by atoms with van der Waals surface area (Å²) >= 11 is 0. The van der Waals surface area contributed by atoms with E-state index in [1.54, 1.807) is 5.57 Å². The number of rotatable bonds is 1. The Morgan fingerprint density at radius 2 is 1.54 bits per heavy atom. The second-order valence-corrected chi connectivity index (χ2v) is 16.0. The summed E-state index contributed by atoms with van der Waals surface area (Å²) in [5, 5.41) is 0. The first-order chi connectivity index (χ1) is 18.3. The van der Waals surface area contributed by atoms with Crippen molar-refractivity contribution in [3.8, 4) is 0 Å². The van der Waals surface area contributed by atoms with Crippen molar-refractivity contribution in [1.29, 1.82) is 0 Å². The van der Waals surface area contributed by atoms with Crippen LogP contribution < -0.4 is 0 Å². The Bertz CT molecular complexity index is 1160. The van der Waals surface area contributed by atoms with Crippen LogP contribution in [0.3, 0.4) is 0 Å². The predicted octanol–water partition coefficient (Wildman–Crippen LogP) is 8.58. The molecule has 4 aliphatic carbocycles. The Hall–Kier alpha value is -1.20. The molecule has 2 saturated heterocycles. The Balaban J connectivity index is 1.20. The predicted molar refractivity (Wildman–Crippen MR) is 153 cm³/mol. The second kappa shape index (κ2) is 8.43. The van der Waals surface area contributed by atoms with Crippen LogP contribution in [0.2, 0.25) is 0 Å². The minimum Gasteiger partial charge on any atom is -0.348 e. The summed E-state index contributed by atoms with van der Waals surface area (Å²) in [6, 6.07) is 10.5. The van der Waals surface area contributed by atoms with Crippen molar-refractivity contribution < 1.29 is 19.2 Å². The highest BCUT2D eigenvalue weighted by molar-refractivity contribution is 5.34. The lowest BCUT2D eigenvalue weighted by Crippen LogP contribution is -2.67. The molecule has 3 saturated carbocycles. The summed E-state index contributed by atoms with van der Waals surface area (Å²) in [4.78, 5) is 12.1. The maximum atomic E-state index is 6.77. The van der Waals surface area contributed by atoms with Crippen LogP contribution in [0.25, 0.3) is 0 Å². The molecule has 0 aromatic heterocycles. The monoisotopic (exact) mass is 534 g/mol. The van der Waals surface area contributed by atoms with Crippen molar-refractivity contribution in [2.24, 2.45) is 39.4 Å². The van der Waals surface area contributed by atoms with E-state index in [1.165, 1.54) is 32.1 Å². The summed E-state index contributed by atoms with van der Waals surface area (Å²) in [7, 11) is 0. The van der Waals surface area contributed by atoms with Gasteiger partial charge in [0.2, 0.25) is 0 Å². The van der Waals surface area contributed by atoms with Gasteiger partial charge in [0, 0.05) is 16.9 Å². The fraction of sp³-hybridized carbons (Fsp3) is 0.771. The van der Waals surface area contributed by atoms with Gasteiger partial charge < -0.3 is 9.47 Å². The van der Waals surface area contributed by atoms with E-state index in [2.05, 4.69) is 84.9 Å². The molecule has 4 nitrogen and oxygen atoms in total. The summed E-state index contributed by atoms with van der Waals surface area (Å²) in [5.74, 6) is 1.74. The van der Waals surface area contributed by atoms with Crippen LogP contribution in [0.1, 0.15) is 112 Å². The molecular formula is C35H50O4.